The van der Waals surface area contributed by atoms with Crippen molar-refractivity contribution in [3.63, 3.8) is 0 Å². The number of carbonyl (C=O) groups is 1. The fourth-order valence-electron chi connectivity index (χ4n) is 7.64. The standard InChI is InChI=1S/C52H52N4O4S3/c1-5-7-9-11-13-36-31-48(44-28-29-45(51-50(44)54-63-55-51)49-32-37(14-12-10-8-6-2)47(62-49)33-38(34-53)52(57)58)61-46(36)30-17-35-15-18-39(19-16-35)56(40-20-24-42(59-3)25-21-40)41-22-26-43(60-4)27-23-41/h15-33H,5-14H2,1-4H3,(H,57,58)/b30-17+,38-33+. The van der Waals surface area contributed by atoms with Crippen molar-refractivity contribution >= 4 is 86.7 Å². The number of fused-ring (bicyclic) bond motifs is 1. The second-order valence-corrected chi connectivity index (χ2v) is 18.1. The van der Waals surface area contributed by atoms with E-state index in [0.29, 0.717) is 0 Å². The van der Waals surface area contributed by atoms with E-state index >= 15 is 0 Å². The van der Waals surface area contributed by atoms with Crippen LogP contribution in [0, 0.1) is 11.3 Å². The van der Waals surface area contributed by atoms with E-state index in [9.17, 15) is 15.2 Å². The molecule has 0 amide bonds. The Morgan fingerprint density at radius 2 is 1.14 bits per heavy atom. The monoisotopic (exact) mass is 892 g/mol. The third-order valence-corrected chi connectivity index (χ3v) is 14.0. The van der Waals surface area contributed by atoms with Crippen molar-refractivity contribution in [2.24, 2.45) is 0 Å². The molecule has 0 radical (unpaired) electrons. The molecule has 11 heteroatoms. The Balaban J connectivity index is 1.19. The summed E-state index contributed by atoms with van der Waals surface area (Å²) in [5.41, 5.74) is 10.0. The maximum atomic E-state index is 11.8. The molecule has 0 fully saturated rings. The van der Waals surface area contributed by atoms with Gasteiger partial charge in [-0.25, -0.2) is 4.79 Å². The molecule has 4 aromatic carbocycles. The molecule has 0 saturated carbocycles. The Hall–Kier alpha value is -6.06. The molecule has 0 aliphatic rings. The molecule has 0 saturated heterocycles. The second kappa shape index (κ2) is 21.8. The van der Waals surface area contributed by atoms with Crippen LogP contribution in [0.3, 0.4) is 0 Å². The molecule has 1 N–H and O–H groups in total. The molecule has 0 unspecified atom stereocenters. The van der Waals surface area contributed by atoms with Crippen LogP contribution in [0.1, 0.15) is 91.7 Å². The number of unbranched alkanes of at least 4 members (excludes halogenated alkanes) is 6. The normalized spacial score (nSPS) is 11.6. The highest BCUT2D eigenvalue weighted by Gasteiger charge is 2.20. The van der Waals surface area contributed by atoms with Gasteiger partial charge in [-0.05, 0) is 127 Å². The maximum Gasteiger partial charge on any atom is 0.346 e. The minimum Gasteiger partial charge on any atom is -0.497 e. The van der Waals surface area contributed by atoms with Crippen LogP contribution >= 0.6 is 34.4 Å². The van der Waals surface area contributed by atoms with Crippen LogP contribution in [0.15, 0.2) is 103 Å². The summed E-state index contributed by atoms with van der Waals surface area (Å²) < 4.78 is 20.5. The summed E-state index contributed by atoms with van der Waals surface area (Å²) in [6.45, 7) is 4.43. The van der Waals surface area contributed by atoms with E-state index in [1.54, 1.807) is 25.6 Å². The zero-order chi connectivity index (χ0) is 44.1. The number of hydrogen-bond acceptors (Lipinski definition) is 10. The predicted molar refractivity (Wildman–Crippen MR) is 264 cm³/mol. The van der Waals surface area contributed by atoms with Crippen molar-refractivity contribution in [3.05, 3.63) is 129 Å². The van der Waals surface area contributed by atoms with Crippen LogP contribution in [0.25, 0.3) is 50.1 Å². The molecule has 0 spiro atoms. The molecule has 0 bridgehead atoms. The highest BCUT2D eigenvalue weighted by atomic mass is 32.1. The smallest absolute Gasteiger partial charge is 0.346 e. The first kappa shape index (κ1) is 45.0. The molecule has 0 aliphatic carbocycles. The van der Waals surface area contributed by atoms with E-state index < -0.39 is 5.97 Å². The van der Waals surface area contributed by atoms with Crippen LogP contribution in [0.5, 0.6) is 11.5 Å². The van der Waals surface area contributed by atoms with Crippen LogP contribution < -0.4 is 14.4 Å². The minimum atomic E-state index is -1.22. The van der Waals surface area contributed by atoms with Gasteiger partial charge in [0.25, 0.3) is 0 Å². The predicted octanol–water partition coefficient (Wildman–Crippen LogP) is 15.0. The summed E-state index contributed by atoms with van der Waals surface area (Å²) in [4.78, 5) is 18.2. The molecule has 63 heavy (non-hydrogen) atoms. The number of aromatic nitrogens is 2. The average Bonchev–Trinajstić information content (AvgIpc) is 4.07. The van der Waals surface area contributed by atoms with Crippen LogP contribution in [-0.2, 0) is 17.6 Å². The number of thiophene rings is 2. The number of aryl methyl sites for hydroxylation is 2. The van der Waals surface area contributed by atoms with Gasteiger partial charge in [0.05, 0.1) is 25.9 Å². The number of anilines is 3. The zero-order valence-corrected chi connectivity index (χ0v) is 38.7. The molecular formula is C52H52N4O4S3. The Labute approximate surface area is 382 Å². The molecule has 0 aliphatic heterocycles. The third-order valence-electron chi connectivity index (χ3n) is 11.1. The van der Waals surface area contributed by atoms with E-state index in [2.05, 4.69) is 104 Å². The van der Waals surface area contributed by atoms with Gasteiger partial charge in [-0.1, -0.05) is 82.7 Å². The summed E-state index contributed by atoms with van der Waals surface area (Å²) in [7, 11) is 3.36. The Bertz CT molecular complexity index is 2670. The first-order valence-electron chi connectivity index (χ1n) is 21.6. The van der Waals surface area contributed by atoms with E-state index in [1.807, 2.05) is 30.3 Å². The van der Waals surface area contributed by atoms with Crippen LogP contribution in [0.4, 0.5) is 17.1 Å². The highest BCUT2D eigenvalue weighted by molar-refractivity contribution is 7.17. The van der Waals surface area contributed by atoms with E-state index in [1.165, 1.54) is 58.8 Å². The molecule has 3 heterocycles. The van der Waals surface area contributed by atoms with E-state index in [0.717, 1.165) is 121 Å². The first-order valence-corrected chi connectivity index (χ1v) is 23.9. The van der Waals surface area contributed by atoms with Gasteiger partial charge in [0.2, 0.25) is 0 Å². The Morgan fingerprint density at radius 1 is 0.667 bits per heavy atom. The number of carboxylic acids is 1. The van der Waals surface area contributed by atoms with Gasteiger partial charge in [0, 0.05) is 47.7 Å². The molecule has 3 aromatic heterocycles. The van der Waals surface area contributed by atoms with E-state index in [4.69, 9.17) is 18.2 Å². The molecular weight excluding hydrogens is 841 g/mol. The summed E-state index contributed by atoms with van der Waals surface area (Å²) in [6, 6.07) is 35.4. The number of aliphatic carboxylic acids is 1. The number of methoxy groups -OCH3 is 2. The number of carboxylic acid groups (broad SMARTS) is 1. The average molecular weight is 893 g/mol. The van der Waals surface area contributed by atoms with Gasteiger partial charge in [0.1, 0.15) is 34.2 Å². The molecule has 0 atom stereocenters. The number of nitrogens with zero attached hydrogens (tertiary/aromatic N) is 4. The SMILES string of the molecule is CCCCCCc1cc(-c2ccc(-c3cc(CCCCCC)c(/C=C(\C#N)C(=O)O)s3)c3nsnc23)sc1/C=C/c1ccc(N(c2ccc(OC)cc2)c2ccc(OC)cc2)cc1. The largest absolute Gasteiger partial charge is 0.497 e. The number of rotatable bonds is 21. The molecule has 7 aromatic rings. The van der Waals surface area contributed by atoms with Gasteiger partial charge in [-0.2, -0.15) is 14.0 Å². The fourth-order valence-corrected chi connectivity index (χ4v) is 10.5. The van der Waals surface area contributed by atoms with Crippen LogP contribution in [0.2, 0.25) is 0 Å². The first-order chi connectivity index (χ1) is 30.8. The lowest BCUT2D eigenvalue weighted by molar-refractivity contribution is -0.132. The zero-order valence-electron chi connectivity index (χ0n) is 36.2. The lowest BCUT2D eigenvalue weighted by Gasteiger charge is -2.26. The van der Waals surface area contributed by atoms with Gasteiger partial charge in [-0.15, -0.1) is 22.7 Å². The van der Waals surface area contributed by atoms with Crippen molar-refractivity contribution in [1.82, 2.24) is 8.75 Å². The lowest BCUT2D eigenvalue weighted by atomic mass is 10.0. The molecule has 8 nitrogen and oxygen atoms in total. The Morgan fingerprint density at radius 3 is 1.60 bits per heavy atom. The summed E-state index contributed by atoms with van der Waals surface area (Å²) in [6.07, 6.45) is 16.9. The summed E-state index contributed by atoms with van der Waals surface area (Å²) in [5.74, 6) is 0.393. The number of hydrogen-bond donors (Lipinski definition) is 1. The van der Waals surface area contributed by atoms with Crippen molar-refractivity contribution in [3.8, 4) is 38.4 Å². The highest BCUT2D eigenvalue weighted by Crippen LogP contribution is 2.43. The van der Waals surface area contributed by atoms with E-state index in [-0.39, 0.29) is 5.57 Å². The summed E-state index contributed by atoms with van der Waals surface area (Å²) >= 11 is 4.51. The fraction of sp³-hybridized carbons (Fsp3) is 0.269. The van der Waals surface area contributed by atoms with Gasteiger partial charge in [-0.3, -0.25) is 0 Å². The van der Waals surface area contributed by atoms with Gasteiger partial charge >= 0.3 is 5.97 Å². The minimum absolute atomic E-state index is 0.264. The topological polar surface area (TPSA) is 109 Å². The van der Waals surface area contributed by atoms with Crippen molar-refractivity contribution in [2.75, 3.05) is 19.1 Å². The third kappa shape index (κ3) is 10.9. The number of nitriles is 1. The van der Waals surface area contributed by atoms with Crippen molar-refractivity contribution in [1.29, 1.82) is 5.26 Å². The quantitative estimate of drug-likeness (QED) is 0.0432. The van der Waals surface area contributed by atoms with Crippen LogP contribution in [-0.4, -0.2) is 34.0 Å². The molecule has 322 valence electrons. The summed E-state index contributed by atoms with van der Waals surface area (Å²) in [5, 5.41) is 19.2. The molecule has 7 rings (SSSR count). The Kier molecular flexibility index (Phi) is 15.6. The maximum absolute atomic E-state index is 11.8. The number of benzene rings is 4. The number of ether oxygens (including phenoxy) is 2. The van der Waals surface area contributed by atoms with Gasteiger partial charge in [0.15, 0.2) is 0 Å². The second-order valence-electron chi connectivity index (χ2n) is 15.4. The van der Waals surface area contributed by atoms with Crippen molar-refractivity contribution < 1.29 is 19.4 Å². The van der Waals surface area contributed by atoms with Crippen molar-refractivity contribution in [2.45, 2.75) is 78.1 Å². The lowest BCUT2D eigenvalue weighted by Crippen LogP contribution is -2.09. The van der Waals surface area contributed by atoms with Gasteiger partial charge < -0.3 is 19.5 Å².